The molecule has 1 rings (SSSR count). The highest BCUT2D eigenvalue weighted by Gasteiger charge is 2.48. The van der Waals surface area contributed by atoms with E-state index in [9.17, 15) is 10.2 Å². The number of hydrogen-bond donors (Lipinski definition) is 2. The summed E-state index contributed by atoms with van der Waals surface area (Å²) in [5.41, 5.74) is -0.999. The Balaban J connectivity index is 2.83. The summed E-state index contributed by atoms with van der Waals surface area (Å²) in [6.07, 6.45) is 4.33. The third kappa shape index (κ3) is 1.75. The van der Waals surface area contributed by atoms with Crippen LogP contribution < -0.4 is 0 Å². The highest BCUT2D eigenvalue weighted by atomic mass is 16.3. The van der Waals surface area contributed by atoms with E-state index in [0.29, 0.717) is 0 Å². The van der Waals surface area contributed by atoms with Crippen molar-refractivity contribution in [2.45, 2.75) is 64.6 Å². The van der Waals surface area contributed by atoms with Gasteiger partial charge >= 0.3 is 0 Å². The van der Waals surface area contributed by atoms with Crippen LogP contribution in [-0.2, 0) is 0 Å². The maximum absolute atomic E-state index is 10.2. The maximum Gasteiger partial charge on any atom is 0.0697 e. The van der Waals surface area contributed by atoms with E-state index in [1.54, 1.807) is 0 Å². The largest absolute Gasteiger partial charge is 0.392 e. The molecule has 2 heteroatoms. The predicted octanol–water partition coefficient (Wildman–Crippen LogP) is 2.09. The van der Waals surface area contributed by atoms with Gasteiger partial charge in [-0.15, -0.1) is 0 Å². The molecule has 0 aromatic rings. The lowest BCUT2D eigenvalue weighted by atomic mass is 9.61. The summed E-state index contributed by atoms with van der Waals surface area (Å²) in [4.78, 5) is 0. The molecular formula is C11H22O2. The minimum atomic E-state index is -0.694. The van der Waals surface area contributed by atoms with Crippen molar-refractivity contribution in [3.63, 3.8) is 0 Å². The van der Waals surface area contributed by atoms with Crippen LogP contribution in [0, 0.1) is 5.41 Å². The summed E-state index contributed by atoms with van der Waals surface area (Å²) in [6.45, 7) is 5.85. The summed E-state index contributed by atoms with van der Waals surface area (Å²) in [7, 11) is 0. The van der Waals surface area contributed by atoms with Crippen LogP contribution >= 0.6 is 0 Å². The third-order valence-electron chi connectivity index (χ3n) is 3.96. The average Bonchev–Trinajstić information content (AvgIpc) is 2.08. The Morgan fingerprint density at radius 1 is 1.23 bits per heavy atom. The normalized spacial score (nSPS) is 43.2. The Morgan fingerprint density at radius 3 is 2.23 bits per heavy atom. The highest BCUT2D eigenvalue weighted by Crippen LogP contribution is 2.46. The van der Waals surface area contributed by atoms with E-state index in [4.69, 9.17) is 0 Å². The zero-order valence-corrected chi connectivity index (χ0v) is 9.01. The molecule has 1 aliphatic carbocycles. The molecule has 1 aliphatic rings. The third-order valence-corrected chi connectivity index (χ3v) is 3.96. The van der Waals surface area contributed by atoms with Crippen LogP contribution in [0.3, 0.4) is 0 Å². The average molecular weight is 186 g/mol. The van der Waals surface area contributed by atoms with Gasteiger partial charge in [0.25, 0.3) is 0 Å². The molecule has 0 amide bonds. The van der Waals surface area contributed by atoms with Gasteiger partial charge in [0, 0.05) is 5.41 Å². The minimum Gasteiger partial charge on any atom is -0.392 e. The van der Waals surface area contributed by atoms with Gasteiger partial charge in [-0.3, -0.25) is 0 Å². The van der Waals surface area contributed by atoms with Crippen molar-refractivity contribution in [3.05, 3.63) is 0 Å². The smallest absolute Gasteiger partial charge is 0.0697 e. The molecule has 0 saturated heterocycles. The van der Waals surface area contributed by atoms with Crippen molar-refractivity contribution in [1.29, 1.82) is 0 Å². The molecule has 13 heavy (non-hydrogen) atoms. The van der Waals surface area contributed by atoms with Gasteiger partial charge in [0.15, 0.2) is 0 Å². The summed E-state index contributed by atoms with van der Waals surface area (Å²) in [5, 5.41) is 20.2. The van der Waals surface area contributed by atoms with E-state index in [0.717, 1.165) is 32.1 Å². The van der Waals surface area contributed by atoms with E-state index in [-0.39, 0.29) is 11.5 Å². The molecule has 0 aromatic heterocycles. The van der Waals surface area contributed by atoms with Gasteiger partial charge in [0.05, 0.1) is 11.7 Å². The molecule has 3 atom stereocenters. The topological polar surface area (TPSA) is 40.5 Å². The van der Waals surface area contributed by atoms with Crippen LogP contribution in [0.5, 0.6) is 0 Å². The van der Waals surface area contributed by atoms with Gasteiger partial charge in [0.1, 0.15) is 0 Å². The maximum atomic E-state index is 10.2. The molecule has 0 spiro atoms. The fraction of sp³-hybridized carbons (Fsp3) is 1.00. The minimum absolute atomic E-state index is 0.306. The van der Waals surface area contributed by atoms with E-state index in [1.165, 1.54) is 0 Å². The van der Waals surface area contributed by atoms with Gasteiger partial charge in [-0.2, -0.15) is 0 Å². The summed E-state index contributed by atoms with van der Waals surface area (Å²) in [5.74, 6) is 0. The number of aliphatic hydroxyl groups excluding tert-OH is 1. The van der Waals surface area contributed by atoms with E-state index >= 15 is 0 Å². The fourth-order valence-electron chi connectivity index (χ4n) is 2.49. The summed E-state index contributed by atoms with van der Waals surface area (Å²) >= 11 is 0. The first-order valence-corrected chi connectivity index (χ1v) is 5.34. The lowest BCUT2D eigenvalue weighted by Crippen LogP contribution is -2.53. The van der Waals surface area contributed by atoms with Gasteiger partial charge in [-0.1, -0.05) is 26.7 Å². The van der Waals surface area contributed by atoms with Crippen molar-refractivity contribution in [2.75, 3.05) is 0 Å². The SMILES string of the molecule is CCC(O)C1(C)CCCCC1(C)O. The van der Waals surface area contributed by atoms with Gasteiger partial charge in [-0.05, 0) is 26.2 Å². The van der Waals surface area contributed by atoms with E-state index < -0.39 is 5.60 Å². The van der Waals surface area contributed by atoms with Crippen molar-refractivity contribution in [1.82, 2.24) is 0 Å². The lowest BCUT2D eigenvalue weighted by molar-refractivity contribution is -0.149. The Kier molecular flexibility index (Phi) is 3.03. The quantitative estimate of drug-likeness (QED) is 0.693. The zero-order valence-electron chi connectivity index (χ0n) is 9.01. The van der Waals surface area contributed by atoms with Crippen LogP contribution in [0.4, 0.5) is 0 Å². The molecular weight excluding hydrogens is 164 g/mol. The van der Waals surface area contributed by atoms with Crippen molar-refractivity contribution < 1.29 is 10.2 Å². The molecule has 2 N–H and O–H groups in total. The molecule has 78 valence electrons. The molecule has 0 aromatic carbocycles. The van der Waals surface area contributed by atoms with Crippen molar-refractivity contribution >= 4 is 0 Å². The van der Waals surface area contributed by atoms with Crippen LogP contribution in [0.2, 0.25) is 0 Å². The Morgan fingerprint density at radius 2 is 1.77 bits per heavy atom. The second-order valence-electron chi connectivity index (χ2n) is 4.82. The lowest BCUT2D eigenvalue weighted by Gasteiger charge is -2.49. The predicted molar refractivity (Wildman–Crippen MR) is 53.5 cm³/mol. The summed E-state index contributed by atoms with van der Waals surface area (Å²) < 4.78 is 0. The molecule has 0 heterocycles. The first kappa shape index (κ1) is 11.0. The zero-order chi connectivity index (χ0) is 10.1. The summed E-state index contributed by atoms with van der Waals surface area (Å²) in [6, 6.07) is 0. The molecule has 1 saturated carbocycles. The molecule has 0 radical (unpaired) electrons. The van der Waals surface area contributed by atoms with Gasteiger partial charge < -0.3 is 10.2 Å². The number of rotatable bonds is 2. The standard InChI is InChI=1S/C11H22O2/c1-4-9(12)10(2)7-5-6-8-11(10,3)13/h9,12-13H,4-8H2,1-3H3. The number of hydrogen-bond acceptors (Lipinski definition) is 2. The highest BCUT2D eigenvalue weighted by molar-refractivity contribution is 4.99. The second kappa shape index (κ2) is 3.58. The van der Waals surface area contributed by atoms with Gasteiger partial charge in [-0.25, -0.2) is 0 Å². The van der Waals surface area contributed by atoms with Gasteiger partial charge in [0.2, 0.25) is 0 Å². The molecule has 2 nitrogen and oxygen atoms in total. The Labute approximate surface area is 81.0 Å². The van der Waals surface area contributed by atoms with E-state index in [1.807, 2.05) is 20.8 Å². The van der Waals surface area contributed by atoms with Crippen LogP contribution in [0.15, 0.2) is 0 Å². The van der Waals surface area contributed by atoms with Crippen LogP contribution in [-0.4, -0.2) is 21.9 Å². The molecule has 0 bridgehead atoms. The fourth-order valence-corrected chi connectivity index (χ4v) is 2.49. The first-order chi connectivity index (χ1) is 5.94. The Hall–Kier alpha value is -0.0800. The molecule has 0 aliphatic heterocycles. The molecule has 3 unspecified atom stereocenters. The number of aliphatic hydroxyl groups is 2. The molecule has 1 fully saturated rings. The van der Waals surface area contributed by atoms with E-state index in [2.05, 4.69) is 0 Å². The van der Waals surface area contributed by atoms with Crippen molar-refractivity contribution in [3.8, 4) is 0 Å². The van der Waals surface area contributed by atoms with Crippen molar-refractivity contribution in [2.24, 2.45) is 5.41 Å². The second-order valence-corrected chi connectivity index (χ2v) is 4.82. The monoisotopic (exact) mass is 186 g/mol. The van der Waals surface area contributed by atoms with Crippen LogP contribution in [0.1, 0.15) is 52.9 Å². The Bertz CT molecular complexity index is 177. The first-order valence-electron chi connectivity index (χ1n) is 5.34. The van der Waals surface area contributed by atoms with Crippen LogP contribution in [0.25, 0.3) is 0 Å².